The van der Waals surface area contributed by atoms with Gasteiger partial charge < -0.3 is 0 Å². The number of rotatable bonds is 3. The van der Waals surface area contributed by atoms with Gasteiger partial charge >= 0.3 is 0 Å². The first kappa shape index (κ1) is 11.9. The van der Waals surface area contributed by atoms with Crippen LogP contribution in [0.15, 0.2) is 23.6 Å². The molecular weight excluding hydrogens is 314 g/mol. The number of aromatic amines is 1. The number of carbonyl (C=O) groups is 1. The van der Waals surface area contributed by atoms with E-state index in [4.69, 9.17) is 0 Å². The predicted octanol–water partition coefficient (Wildman–Crippen LogP) is 2.89. The molecule has 2 aromatic rings. The van der Waals surface area contributed by atoms with Gasteiger partial charge in [0.05, 0.1) is 10.6 Å². The van der Waals surface area contributed by atoms with Gasteiger partial charge in [-0.3, -0.25) is 14.8 Å². The van der Waals surface area contributed by atoms with Crippen molar-refractivity contribution in [1.29, 1.82) is 0 Å². The molecule has 18 heavy (non-hydrogen) atoms. The van der Waals surface area contributed by atoms with Crippen LogP contribution in [0.5, 0.6) is 0 Å². The minimum Gasteiger partial charge on any atom is -0.295 e. The zero-order valence-corrected chi connectivity index (χ0v) is 12.0. The zero-order valence-electron chi connectivity index (χ0n) is 9.60. The van der Waals surface area contributed by atoms with E-state index in [0.717, 1.165) is 28.3 Å². The van der Waals surface area contributed by atoms with Crippen molar-refractivity contribution in [3.05, 3.63) is 23.6 Å². The fourth-order valence-corrected chi connectivity index (χ4v) is 3.24. The van der Waals surface area contributed by atoms with Crippen LogP contribution in [0, 0.1) is 5.92 Å². The maximum absolute atomic E-state index is 11.9. The molecule has 1 saturated heterocycles. The van der Waals surface area contributed by atoms with E-state index >= 15 is 0 Å². The van der Waals surface area contributed by atoms with Crippen LogP contribution in [-0.2, 0) is 4.79 Å². The first-order valence-corrected chi connectivity index (χ1v) is 7.73. The van der Waals surface area contributed by atoms with Crippen molar-refractivity contribution in [2.45, 2.75) is 6.42 Å². The lowest BCUT2D eigenvalue weighted by Crippen LogP contribution is -2.24. The lowest BCUT2D eigenvalue weighted by Gasteiger charge is -2.11. The third-order valence-corrected chi connectivity index (χ3v) is 4.87. The van der Waals surface area contributed by atoms with Crippen LogP contribution in [0.1, 0.15) is 6.42 Å². The van der Waals surface area contributed by atoms with Crippen LogP contribution in [-0.4, -0.2) is 28.0 Å². The highest BCUT2D eigenvalue weighted by atomic mass is 79.9. The molecular formula is C12H12BrN3OS. The summed E-state index contributed by atoms with van der Waals surface area (Å²) in [5.74, 6) is 1.27. The molecule has 0 aliphatic carbocycles. The third-order valence-electron chi connectivity index (χ3n) is 3.05. The highest BCUT2D eigenvalue weighted by molar-refractivity contribution is 9.09. The number of alkyl halides is 1. The third kappa shape index (κ3) is 2.10. The van der Waals surface area contributed by atoms with Gasteiger partial charge in [0.25, 0.3) is 0 Å². The summed E-state index contributed by atoms with van der Waals surface area (Å²) >= 11 is 5.09. The van der Waals surface area contributed by atoms with E-state index in [-0.39, 0.29) is 5.91 Å². The largest absolute Gasteiger partial charge is 0.295 e. The summed E-state index contributed by atoms with van der Waals surface area (Å²) < 4.78 is 0. The van der Waals surface area contributed by atoms with Crippen LogP contribution >= 0.6 is 27.3 Å². The van der Waals surface area contributed by atoms with Gasteiger partial charge in [-0.15, -0.1) is 11.3 Å². The van der Waals surface area contributed by atoms with Gasteiger partial charge in [0.1, 0.15) is 0 Å². The Labute approximate surface area is 117 Å². The number of hydrogen-bond donors (Lipinski definition) is 1. The Hall–Kier alpha value is -1.14. The molecule has 0 spiro atoms. The maximum Gasteiger partial charge on any atom is 0.228 e. The number of hydrogen-bond acceptors (Lipinski definition) is 3. The highest BCUT2D eigenvalue weighted by Gasteiger charge is 2.31. The van der Waals surface area contributed by atoms with Gasteiger partial charge in [0.2, 0.25) is 5.91 Å². The van der Waals surface area contributed by atoms with Gasteiger partial charge in [-0.2, -0.15) is 5.10 Å². The molecule has 1 aliphatic rings. The molecule has 1 atom stereocenters. The summed E-state index contributed by atoms with van der Waals surface area (Å²) in [7, 11) is 0. The van der Waals surface area contributed by atoms with E-state index in [1.54, 1.807) is 16.2 Å². The first-order chi connectivity index (χ1) is 8.78. The molecule has 1 amide bonds. The molecule has 1 aliphatic heterocycles. The Kier molecular flexibility index (Phi) is 3.22. The van der Waals surface area contributed by atoms with Crippen LogP contribution in [0.3, 0.4) is 0 Å². The number of H-pyrrole nitrogens is 1. The summed E-state index contributed by atoms with van der Waals surface area (Å²) in [6, 6.07) is 5.98. The number of halogens is 1. The Morgan fingerprint density at radius 2 is 2.50 bits per heavy atom. The highest BCUT2D eigenvalue weighted by Crippen LogP contribution is 2.29. The van der Waals surface area contributed by atoms with Gasteiger partial charge in [-0.25, -0.2) is 0 Å². The Balaban J connectivity index is 1.84. The summed E-state index contributed by atoms with van der Waals surface area (Å²) in [5.41, 5.74) is 0.968. The molecule has 1 fully saturated rings. The van der Waals surface area contributed by atoms with E-state index in [1.807, 2.05) is 23.6 Å². The summed E-state index contributed by atoms with van der Waals surface area (Å²) in [6.07, 6.45) is 0.604. The van der Waals surface area contributed by atoms with E-state index in [0.29, 0.717) is 12.3 Å². The number of aromatic nitrogens is 2. The van der Waals surface area contributed by atoms with Gasteiger partial charge in [-0.1, -0.05) is 22.0 Å². The zero-order chi connectivity index (χ0) is 12.5. The molecule has 4 nitrogen and oxygen atoms in total. The number of nitrogens with zero attached hydrogens (tertiary/aromatic N) is 2. The molecule has 94 valence electrons. The van der Waals surface area contributed by atoms with E-state index in [9.17, 15) is 4.79 Å². The van der Waals surface area contributed by atoms with Crippen molar-refractivity contribution in [2.75, 3.05) is 16.8 Å². The van der Waals surface area contributed by atoms with E-state index in [2.05, 4.69) is 26.1 Å². The average molecular weight is 326 g/mol. The molecule has 1 N–H and O–H groups in total. The summed E-state index contributed by atoms with van der Waals surface area (Å²) in [5, 5.41) is 10.1. The van der Waals surface area contributed by atoms with Crippen molar-refractivity contribution in [3.63, 3.8) is 0 Å². The molecule has 1 unspecified atom stereocenters. The second kappa shape index (κ2) is 4.85. The molecule has 0 saturated carbocycles. The fraction of sp³-hybridized carbons (Fsp3) is 0.333. The standard InChI is InChI=1S/C12H12BrN3OS/c13-6-8-4-12(17)16(7-8)11-5-9(14-15-11)10-2-1-3-18-10/h1-3,5,8H,4,6-7H2,(H,14,15). The van der Waals surface area contributed by atoms with Crippen molar-refractivity contribution in [3.8, 4) is 10.6 Å². The van der Waals surface area contributed by atoms with Crippen molar-refractivity contribution in [2.24, 2.45) is 5.92 Å². The first-order valence-electron chi connectivity index (χ1n) is 5.73. The Morgan fingerprint density at radius 1 is 1.61 bits per heavy atom. The second-order valence-electron chi connectivity index (χ2n) is 4.35. The minimum atomic E-state index is 0.156. The predicted molar refractivity (Wildman–Crippen MR) is 76.2 cm³/mol. The second-order valence-corrected chi connectivity index (χ2v) is 5.94. The topological polar surface area (TPSA) is 49.0 Å². The molecule has 0 aromatic carbocycles. The quantitative estimate of drug-likeness (QED) is 0.882. The average Bonchev–Trinajstić information content (AvgIpc) is 3.08. The fourth-order valence-electron chi connectivity index (χ4n) is 2.11. The van der Waals surface area contributed by atoms with Gasteiger partial charge in [0.15, 0.2) is 5.82 Å². The van der Waals surface area contributed by atoms with Gasteiger partial charge in [-0.05, 0) is 17.4 Å². The SMILES string of the molecule is O=C1CC(CBr)CN1c1cc(-c2cccs2)[nH]n1. The molecule has 6 heteroatoms. The summed E-state index contributed by atoms with van der Waals surface area (Å²) in [4.78, 5) is 14.8. The molecule has 2 aromatic heterocycles. The van der Waals surface area contributed by atoms with Crippen LogP contribution in [0.25, 0.3) is 10.6 Å². The summed E-state index contributed by atoms with van der Waals surface area (Å²) in [6.45, 7) is 0.749. The molecule has 0 bridgehead atoms. The van der Waals surface area contributed by atoms with Gasteiger partial charge in [0, 0.05) is 24.4 Å². The maximum atomic E-state index is 11.9. The molecule has 0 radical (unpaired) electrons. The smallest absolute Gasteiger partial charge is 0.228 e. The molecule has 3 rings (SSSR count). The van der Waals surface area contributed by atoms with E-state index in [1.165, 1.54) is 0 Å². The van der Waals surface area contributed by atoms with Crippen molar-refractivity contribution < 1.29 is 4.79 Å². The monoisotopic (exact) mass is 325 g/mol. The Bertz CT molecular complexity index is 551. The number of thiophene rings is 1. The van der Waals surface area contributed by atoms with Crippen LogP contribution in [0.4, 0.5) is 5.82 Å². The number of anilines is 1. The lowest BCUT2D eigenvalue weighted by atomic mass is 10.2. The van der Waals surface area contributed by atoms with Crippen molar-refractivity contribution in [1.82, 2.24) is 10.2 Å². The number of amides is 1. The van der Waals surface area contributed by atoms with Crippen LogP contribution < -0.4 is 4.90 Å². The van der Waals surface area contributed by atoms with Crippen LogP contribution in [0.2, 0.25) is 0 Å². The lowest BCUT2D eigenvalue weighted by molar-refractivity contribution is -0.117. The Morgan fingerprint density at radius 3 is 3.17 bits per heavy atom. The number of nitrogens with one attached hydrogen (secondary N) is 1. The minimum absolute atomic E-state index is 0.156. The number of carbonyl (C=O) groups excluding carboxylic acids is 1. The van der Waals surface area contributed by atoms with Crippen molar-refractivity contribution >= 4 is 39.0 Å². The van der Waals surface area contributed by atoms with E-state index < -0.39 is 0 Å². The molecule has 3 heterocycles. The normalized spacial score (nSPS) is 19.7.